The van der Waals surface area contributed by atoms with E-state index < -0.39 is 0 Å². The Hall–Kier alpha value is -0.530. The molecule has 0 N–H and O–H groups in total. The van der Waals surface area contributed by atoms with Crippen LogP contribution >= 0.6 is 0 Å². The molecule has 0 aromatic heterocycles. The van der Waals surface area contributed by atoms with Crippen LogP contribution in [0.5, 0.6) is 0 Å². The molecule has 2 heteroatoms. The van der Waals surface area contributed by atoms with E-state index in [0.29, 0.717) is 22.2 Å². The maximum absolute atomic E-state index is 11.9. The zero-order valence-corrected chi connectivity index (χ0v) is 9.63. The minimum absolute atomic E-state index is 0.151. The lowest BCUT2D eigenvalue weighted by Crippen LogP contribution is -2.36. The van der Waals surface area contributed by atoms with E-state index in [2.05, 4.69) is 0 Å². The van der Waals surface area contributed by atoms with Gasteiger partial charge in [0.05, 0.1) is 12.5 Å². The predicted molar refractivity (Wildman–Crippen MR) is 57.6 cm³/mol. The normalized spacial score (nSPS) is 64.9. The summed E-state index contributed by atoms with van der Waals surface area (Å²) in [5, 5.41) is 0. The van der Waals surface area contributed by atoms with Crippen molar-refractivity contribution in [2.24, 2.45) is 28.1 Å². The maximum Gasteiger partial charge on any atom is 0.309 e. The van der Waals surface area contributed by atoms with E-state index in [0.717, 1.165) is 18.9 Å². The van der Waals surface area contributed by atoms with Crippen LogP contribution in [0.3, 0.4) is 0 Å². The molecule has 0 amide bonds. The largest absolute Gasteiger partial charge is 0.465 e. The Morgan fingerprint density at radius 1 is 1.12 bits per heavy atom. The fourth-order valence-electron chi connectivity index (χ4n) is 7.08. The van der Waals surface area contributed by atoms with Crippen LogP contribution < -0.4 is 0 Å². The fraction of sp³-hybridized carbons (Fsp3) is 0.929. The van der Waals surface area contributed by atoms with Crippen molar-refractivity contribution in [3.63, 3.8) is 0 Å². The highest BCUT2D eigenvalue weighted by Gasteiger charge is 2.94. The van der Waals surface area contributed by atoms with Gasteiger partial charge in [0, 0.05) is 5.41 Å². The van der Waals surface area contributed by atoms with Gasteiger partial charge in [0.25, 0.3) is 0 Å². The number of carbonyl (C=O) groups excluding carboxylic acids is 1. The van der Waals surface area contributed by atoms with Crippen LogP contribution in [0.2, 0.25) is 0 Å². The third-order valence-electron chi connectivity index (χ3n) is 7.18. The summed E-state index contributed by atoms with van der Waals surface area (Å²) < 4.78 is 5.48. The van der Waals surface area contributed by atoms with Gasteiger partial charge in [0.2, 0.25) is 0 Å². The molecule has 86 valence electrons. The molecule has 6 rings (SSSR count). The average Bonchev–Trinajstić information content (AvgIpc) is 2.56. The van der Waals surface area contributed by atoms with Crippen LogP contribution in [-0.4, -0.2) is 12.6 Å². The van der Waals surface area contributed by atoms with Gasteiger partial charge >= 0.3 is 5.97 Å². The third-order valence-corrected chi connectivity index (χ3v) is 7.18. The highest BCUT2D eigenvalue weighted by Crippen LogP contribution is 2.96. The molecule has 1 saturated heterocycles. The monoisotopic (exact) mass is 218 g/mol. The summed E-state index contributed by atoms with van der Waals surface area (Å²) in [5.74, 6) is 1.31. The van der Waals surface area contributed by atoms with Crippen molar-refractivity contribution in [3.8, 4) is 0 Å². The summed E-state index contributed by atoms with van der Waals surface area (Å²) in [4.78, 5) is 11.9. The maximum atomic E-state index is 11.9. The Morgan fingerprint density at radius 3 is 2.50 bits per heavy atom. The molecular weight excluding hydrogens is 200 g/mol. The van der Waals surface area contributed by atoms with Crippen LogP contribution in [0, 0.1) is 28.1 Å². The Labute approximate surface area is 95.7 Å². The van der Waals surface area contributed by atoms with E-state index in [-0.39, 0.29) is 5.97 Å². The molecule has 3 atom stereocenters. The quantitative estimate of drug-likeness (QED) is 0.584. The van der Waals surface area contributed by atoms with Gasteiger partial charge in [0.1, 0.15) is 0 Å². The molecule has 1 heterocycles. The number of cyclic esters (lactones) is 1. The SMILES string of the molecule is O=C1OCC23C1CC1CC24CCCCC43C1. The molecule has 16 heavy (non-hydrogen) atoms. The number of hydrogen-bond donors (Lipinski definition) is 0. The van der Waals surface area contributed by atoms with Gasteiger partial charge < -0.3 is 4.74 Å². The summed E-state index contributed by atoms with van der Waals surface area (Å²) in [6.07, 6.45) is 9.62. The second-order valence-corrected chi connectivity index (χ2v) is 7.01. The van der Waals surface area contributed by atoms with Crippen molar-refractivity contribution in [2.45, 2.75) is 44.9 Å². The number of rotatable bonds is 0. The Kier molecular flexibility index (Phi) is 1.11. The lowest BCUT2D eigenvalue weighted by Gasteiger charge is -2.36. The molecule has 5 aliphatic carbocycles. The average molecular weight is 218 g/mol. The Morgan fingerprint density at radius 2 is 1.81 bits per heavy atom. The van der Waals surface area contributed by atoms with Crippen LogP contribution in [-0.2, 0) is 9.53 Å². The van der Waals surface area contributed by atoms with E-state index in [1.54, 1.807) is 0 Å². The van der Waals surface area contributed by atoms with Gasteiger partial charge in [0.15, 0.2) is 0 Å². The van der Waals surface area contributed by atoms with Crippen molar-refractivity contribution in [1.82, 2.24) is 0 Å². The lowest BCUT2D eigenvalue weighted by molar-refractivity contribution is -0.142. The Bertz CT molecular complexity index is 393. The highest BCUT2D eigenvalue weighted by molar-refractivity contribution is 5.79. The summed E-state index contributed by atoms with van der Waals surface area (Å²) in [5.41, 5.74) is 1.47. The molecular formula is C14H18O2. The minimum Gasteiger partial charge on any atom is -0.465 e. The molecule has 6 aliphatic rings. The van der Waals surface area contributed by atoms with Crippen molar-refractivity contribution in [2.75, 3.05) is 6.61 Å². The summed E-state index contributed by atoms with van der Waals surface area (Å²) in [6, 6.07) is 0. The van der Waals surface area contributed by atoms with Crippen LogP contribution in [0.15, 0.2) is 0 Å². The van der Waals surface area contributed by atoms with Gasteiger partial charge in [-0.1, -0.05) is 12.8 Å². The second-order valence-electron chi connectivity index (χ2n) is 7.01. The first kappa shape index (κ1) is 8.54. The fourth-order valence-corrected chi connectivity index (χ4v) is 7.08. The van der Waals surface area contributed by atoms with Crippen LogP contribution in [0.1, 0.15) is 44.9 Å². The van der Waals surface area contributed by atoms with Gasteiger partial charge in [-0.05, 0) is 48.9 Å². The van der Waals surface area contributed by atoms with Crippen molar-refractivity contribution < 1.29 is 9.53 Å². The minimum atomic E-state index is 0.151. The number of carbonyl (C=O) groups is 1. The van der Waals surface area contributed by atoms with E-state index in [9.17, 15) is 4.79 Å². The molecule has 1 aliphatic heterocycles. The standard InChI is InChI=1S/C14H18O2/c15-11-10-5-9-6-12-3-1-2-4-13(12,7-9)14(10,12)8-16-11/h9-10H,1-8H2. The molecule has 4 bridgehead atoms. The molecule has 0 radical (unpaired) electrons. The second kappa shape index (κ2) is 2.09. The first-order valence-electron chi connectivity index (χ1n) is 6.93. The van der Waals surface area contributed by atoms with E-state index in [1.165, 1.54) is 38.5 Å². The van der Waals surface area contributed by atoms with Crippen LogP contribution in [0.25, 0.3) is 0 Å². The number of ether oxygens (including phenoxy) is 1. The zero-order valence-electron chi connectivity index (χ0n) is 9.63. The third kappa shape index (κ3) is 0.520. The molecule has 3 spiro atoms. The summed E-state index contributed by atoms with van der Waals surface area (Å²) in [6.45, 7) is 0.781. The number of hydrogen-bond acceptors (Lipinski definition) is 2. The molecule has 2 nitrogen and oxygen atoms in total. The highest BCUT2D eigenvalue weighted by atomic mass is 16.5. The van der Waals surface area contributed by atoms with Crippen LogP contribution in [0.4, 0.5) is 0 Å². The van der Waals surface area contributed by atoms with Gasteiger partial charge in [-0.15, -0.1) is 0 Å². The van der Waals surface area contributed by atoms with Gasteiger partial charge in [-0.3, -0.25) is 4.79 Å². The lowest BCUT2D eigenvalue weighted by atomic mass is 9.65. The van der Waals surface area contributed by atoms with Crippen molar-refractivity contribution in [1.29, 1.82) is 0 Å². The smallest absolute Gasteiger partial charge is 0.309 e. The molecule has 0 aromatic carbocycles. The molecule has 3 unspecified atom stereocenters. The Balaban J connectivity index is 1.75. The molecule has 5 saturated carbocycles. The van der Waals surface area contributed by atoms with Crippen molar-refractivity contribution >= 4 is 5.97 Å². The first-order valence-corrected chi connectivity index (χ1v) is 6.93. The topological polar surface area (TPSA) is 26.3 Å². The van der Waals surface area contributed by atoms with E-state index in [4.69, 9.17) is 4.74 Å². The van der Waals surface area contributed by atoms with E-state index >= 15 is 0 Å². The van der Waals surface area contributed by atoms with Gasteiger partial charge in [-0.25, -0.2) is 0 Å². The van der Waals surface area contributed by atoms with Crippen molar-refractivity contribution in [3.05, 3.63) is 0 Å². The molecule has 0 aromatic rings. The summed E-state index contributed by atoms with van der Waals surface area (Å²) >= 11 is 0. The zero-order chi connectivity index (χ0) is 10.6. The first-order chi connectivity index (χ1) is 7.76. The predicted octanol–water partition coefficient (Wildman–Crippen LogP) is 2.52. The number of esters is 1. The van der Waals surface area contributed by atoms with E-state index in [1.807, 2.05) is 0 Å². The molecule has 6 fully saturated rings. The van der Waals surface area contributed by atoms with Gasteiger partial charge in [-0.2, -0.15) is 0 Å². The summed E-state index contributed by atoms with van der Waals surface area (Å²) in [7, 11) is 0.